The molecule has 0 aromatic heterocycles. The molecule has 2 N–H and O–H groups in total. The van der Waals surface area contributed by atoms with Crippen LogP contribution in [0.4, 0.5) is 0 Å². The number of benzene rings is 1. The van der Waals surface area contributed by atoms with Crippen molar-refractivity contribution in [3.05, 3.63) is 35.4 Å². The van der Waals surface area contributed by atoms with Gasteiger partial charge in [-0.15, -0.1) is 0 Å². The predicted octanol–water partition coefficient (Wildman–Crippen LogP) is 2.88. The monoisotopic (exact) mass is 290 g/mol. The maximum Gasteiger partial charge on any atom is 0.0758 e. The van der Waals surface area contributed by atoms with Crippen LogP contribution in [0.3, 0.4) is 0 Å². The first-order chi connectivity index (χ1) is 10.00. The minimum atomic E-state index is -0.490. The van der Waals surface area contributed by atoms with Crippen LogP contribution in [-0.4, -0.2) is 41.8 Å². The maximum absolute atomic E-state index is 10.1. The zero-order chi connectivity index (χ0) is 15.3. The van der Waals surface area contributed by atoms with Gasteiger partial charge in [0.1, 0.15) is 0 Å². The molecular weight excluding hydrogens is 260 g/mol. The fourth-order valence-electron chi connectivity index (χ4n) is 3.05. The Labute approximate surface area is 129 Å². The Morgan fingerprint density at radius 2 is 2.05 bits per heavy atom. The van der Waals surface area contributed by atoms with E-state index >= 15 is 0 Å². The molecule has 2 rings (SSSR count). The van der Waals surface area contributed by atoms with Gasteiger partial charge in [-0.05, 0) is 45.2 Å². The molecule has 0 saturated carbocycles. The van der Waals surface area contributed by atoms with E-state index in [0.29, 0.717) is 6.04 Å². The van der Waals surface area contributed by atoms with E-state index in [2.05, 4.69) is 48.3 Å². The lowest BCUT2D eigenvalue weighted by molar-refractivity contribution is 0.0683. The summed E-state index contributed by atoms with van der Waals surface area (Å²) in [5.41, 5.74) is 2.19. The fourth-order valence-corrected chi connectivity index (χ4v) is 3.05. The minimum absolute atomic E-state index is 0.413. The van der Waals surface area contributed by atoms with Crippen LogP contribution in [0, 0.1) is 6.92 Å². The van der Waals surface area contributed by atoms with Crippen LogP contribution in [-0.2, 0) is 0 Å². The number of hydrogen-bond acceptors (Lipinski definition) is 3. The summed E-state index contributed by atoms with van der Waals surface area (Å²) in [6, 6.07) is 9.27. The standard InChI is InChI=1S/C18H30N2O/c1-4-11-19-17(16-7-5-15(2)6-8-16)9-12-20-13-10-18(3,21)14-20/h5-8,17,19,21H,4,9-14H2,1-3H3. The summed E-state index contributed by atoms with van der Waals surface area (Å²) in [7, 11) is 0. The summed E-state index contributed by atoms with van der Waals surface area (Å²) >= 11 is 0. The molecule has 0 radical (unpaired) electrons. The average Bonchev–Trinajstić information content (AvgIpc) is 2.80. The number of aryl methyl sites for hydroxylation is 1. The van der Waals surface area contributed by atoms with E-state index in [1.165, 1.54) is 11.1 Å². The van der Waals surface area contributed by atoms with E-state index < -0.39 is 5.60 Å². The van der Waals surface area contributed by atoms with Gasteiger partial charge in [0, 0.05) is 25.7 Å². The third kappa shape index (κ3) is 5.10. The van der Waals surface area contributed by atoms with E-state index in [1.807, 2.05) is 6.92 Å². The quantitative estimate of drug-likeness (QED) is 0.810. The third-order valence-electron chi connectivity index (χ3n) is 4.39. The van der Waals surface area contributed by atoms with Gasteiger partial charge in [0.25, 0.3) is 0 Å². The van der Waals surface area contributed by atoms with Crippen molar-refractivity contribution in [3.8, 4) is 0 Å². The topological polar surface area (TPSA) is 35.5 Å². The number of hydrogen-bond donors (Lipinski definition) is 2. The molecule has 1 aliphatic rings. The summed E-state index contributed by atoms with van der Waals surface area (Å²) in [5, 5.41) is 13.7. The highest BCUT2D eigenvalue weighted by Crippen LogP contribution is 2.23. The van der Waals surface area contributed by atoms with Crippen LogP contribution in [0.2, 0.25) is 0 Å². The Morgan fingerprint density at radius 3 is 2.62 bits per heavy atom. The number of rotatable bonds is 7. The van der Waals surface area contributed by atoms with Crippen LogP contribution in [0.5, 0.6) is 0 Å². The van der Waals surface area contributed by atoms with Crippen LogP contribution in [0.15, 0.2) is 24.3 Å². The normalized spacial score (nSPS) is 24.4. The lowest BCUT2D eigenvalue weighted by atomic mass is 10.0. The molecule has 3 heteroatoms. The Bertz CT molecular complexity index is 427. The van der Waals surface area contributed by atoms with Crippen LogP contribution in [0.1, 0.15) is 50.3 Å². The number of aliphatic hydroxyl groups is 1. The smallest absolute Gasteiger partial charge is 0.0758 e. The molecule has 0 bridgehead atoms. The second-order valence-electron chi connectivity index (χ2n) is 6.73. The SMILES string of the molecule is CCCNC(CCN1CCC(C)(O)C1)c1ccc(C)cc1. The first kappa shape index (κ1) is 16.5. The van der Waals surface area contributed by atoms with Crippen LogP contribution < -0.4 is 5.32 Å². The van der Waals surface area contributed by atoms with Crippen molar-refractivity contribution in [1.82, 2.24) is 10.2 Å². The number of β-amino-alcohol motifs (C(OH)–C–C–N with tert-alkyl or cyclic N) is 1. The van der Waals surface area contributed by atoms with E-state index in [0.717, 1.165) is 45.4 Å². The van der Waals surface area contributed by atoms with Crippen molar-refractivity contribution >= 4 is 0 Å². The average molecular weight is 290 g/mol. The van der Waals surface area contributed by atoms with Gasteiger partial charge >= 0.3 is 0 Å². The van der Waals surface area contributed by atoms with Crippen LogP contribution in [0.25, 0.3) is 0 Å². The second kappa shape index (κ2) is 7.39. The Hall–Kier alpha value is -0.900. The molecule has 118 valence electrons. The molecule has 0 amide bonds. The molecule has 3 nitrogen and oxygen atoms in total. The van der Waals surface area contributed by atoms with Gasteiger partial charge in [0.05, 0.1) is 5.60 Å². The minimum Gasteiger partial charge on any atom is -0.389 e. The van der Waals surface area contributed by atoms with E-state index in [1.54, 1.807) is 0 Å². The van der Waals surface area contributed by atoms with Gasteiger partial charge in [-0.2, -0.15) is 0 Å². The van der Waals surface area contributed by atoms with Crippen molar-refractivity contribution < 1.29 is 5.11 Å². The Kier molecular flexibility index (Phi) is 5.80. The fraction of sp³-hybridized carbons (Fsp3) is 0.667. The van der Waals surface area contributed by atoms with Crippen molar-refractivity contribution in [3.63, 3.8) is 0 Å². The highest BCUT2D eigenvalue weighted by molar-refractivity contribution is 5.24. The summed E-state index contributed by atoms with van der Waals surface area (Å²) in [4.78, 5) is 2.38. The highest BCUT2D eigenvalue weighted by Gasteiger charge is 2.31. The van der Waals surface area contributed by atoms with Gasteiger partial charge in [0.15, 0.2) is 0 Å². The zero-order valence-electron chi connectivity index (χ0n) is 13.7. The highest BCUT2D eigenvalue weighted by atomic mass is 16.3. The van der Waals surface area contributed by atoms with Crippen molar-refractivity contribution in [2.24, 2.45) is 0 Å². The van der Waals surface area contributed by atoms with Gasteiger partial charge < -0.3 is 15.3 Å². The molecule has 0 spiro atoms. The zero-order valence-corrected chi connectivity index (χ0v) is 13.7. The third-order valence-corrected chi connectivity index (χ3v) is 4.39. The largest absolute Gasteiger partial charge is 0.389 e. The van der Waals surface area contributed by atoms with Gasteiger partial charge in [-0.1, -0.05) is 36.8 Å². The molecular formula is C18H30N2O. The lowest BCUT2D eigenvalue weighted by Gasteiger charge is -2.24. The summed E-state index contributed by atoms with van der Waals surface area (Å²) < 4.78 is 0. The molecule has 21 heavy (non-hydrogen) atoms. The number of nitrogens with one attached hydrogen (secondary N) is 1. The lowest BCUT2D eigenvalue weighted by Crippen LogP contribution is -2.32. The Morgan fingerprint density at radius 1 is 1.33 bits per heavy atom. The van der Waals surface area contributed by atoms with Crippen molar-refractivity contribution in [2.75, 3.05) is 26.2 Å². The molecule has 1 fully saturated rings. The molecule has 0 aliphatic carbocycles. The Balaban J connectivity index is 1.92. The van der Waals surface area contributed by atoms with Crippen molar-refractivity contribution in [1.29, 1.82) is 0 Å². The van der Waals surface area contributed by atoms with E-state index in [-0.39, 0.29) is 0 Å². The summed E-state index contributed by atoms with van der Waals surface area (Å²) in [6.45, 7) is 10.2. The van der Waals surface area contributed by atoms with Crippen molar-refractivity contribution in [2.45, 2.75) is 51.7 Å². The molecule has 1 saturated heterocycles. The second-order valence-corrected chi connectivity index (χ2v) is 6.73. The first-order valence-electron chi connectivity index (χ1n) is 8.25. The molecule has 1 aliphatic heterocycles. The van der Waals surface area contributed by atoms with Crippen LogP contribution >= 0.6 is 0 Å². The number of likely N-dealkylation sites (tertiary alicyclic amines) is 1. The molecule has 1 aromatic carbocycles. The maximum atomic E-state index is 10.1. The molecule has 2 atom stereocenters. The first-order valence-corrected chi connectivity index (χ1v) is 8.25. The predicted molar refractivity (Wildman–Crippen MR) is 88.5 cm³/mol. The van der Waals surface area contributed by atoms with Gasteiger partial charge in [-0.25, -0.2) is 0 Å². The summed E-state index contributed by atoms with van der Waals surface area (Å²) in [5.74, 6) is 0. The number of nitrogens with zero attached hydrogens (tertiary/aromatic N) is 1. The van der Waals surface area contributed by atoms with E-state index in [4.69, 9.17) is 0 Å². The summed E-state index contributed by atoms with van der Waals surface area (Å²) in [6.07, 6.45) is 3.14. The van der Waals surface area contributed by atoms with Gasteiger partial charge in [0.2, 0.25) is 0 Å². The molecule has 2 unspecified atom stereocenters. The van der Waals surface area contributed by atoms with Gasteiger partial charge in [-0.3, -0.25) is 0 Å². The molecule has 1 heterocycles. The van der Waals surface area contributed by atoms with E-state index in [9.17, 15) is 5.11 Å². The molecule has 1 aromatic rings.